The van der Waals surface area contributed by atoms with Gasteiger partial charge in [-0.15, -0.1) is 5.10 Å². The molecule has 8 heteroatoms. The highest BCUT2D eigenvalue weighted by Gasteiger charge is 2.13. The van der Waals surface area contributed by atoms with Crippen molar-refractivity contribution in [3.05, 3.63) is 70.0 Å². The number of rotatable bonds is 5. The quantitative estimate of drug-likeness (QED) is 0.758. The minimum Gasteiger partial charge on any atom is -0.352 e. The van der Waals surface area contributed by atoms with Gasteiger partial charge in [0.05, 0.1) is 11.3 Å². The molecule has 0 aliphatic carbocycles. The summed E-state index contributed by atoms with van der Waals surface area (Å²) in [6.45, 7) is 0.449. The molecule has 1 heterocycles. The molecule has 0 fully saturated rings. The Bertz CT molecular complexity index is 851. The van der Waals surface area contributed by atoms with Crippen LogP contribution in [0.5, 0.6) is 0 Å². The third-order valence-electron chi connectivity index (χ3n) is 3.44. The van der Waals surface area contributed by atoms with Gasteiger partial charge in [-0.05, 0) is 46.7 Å². The summed E-state index contributed by atoms with van der Waals surface area (Å²) in [7, 11) is 0. The van der Waals surface area contributed by atoms with E-state index in [4.69, 9.17) is 23.2 Å². The molecule has 0 saturated carbocycles. The van der Waals surface area contributed by atoms with E-state index in [-0.39, 0.29) is 5.91 Å². The Morgan fingerprint density at radius 2 is 2.00 bits per heavy atom. The molecule has 3 rings (SSSR count). The number of tetrazole rings is 1. The number of carbonyl (C=O) groups is 1. The molecule has 24 heavy (non-hydrogen) atoms. The third kappa shape index (κ3) is 3.72. The highest BCUT2D eigenvalue weighted by Crippen LogP contribution is 2.21. The number of aromatic nitrogens is 4. The molecular weight excluding hydrogens is 349 g/mol. The van der Waals surface area contributed by atoms with Gasteiger partial charge in [-0.1, -0.05) is 41.4 Å². The number of hydrogen-bond donors (Lipinski definition) is 1. The van der Waals surface area contributed by atoms with Crippen molar-refractivity contribution in [2.75, 3.05) is 6.54 Å². The van der Waals surface area contributed by atoms with E-state index in [9.17, 15) is 4.79 Å². The van der Waals surface area contributed by atoms with Crippen molar-refractivity contribution in [2.45, 2.75) is 6.42 Å². The Morgan fingerprint density at radius 3 is 2.75 bits per heavy atom. The monoisotopic (exact) mass is 361 g/mol. The highest BCUT2D eigenvalue weighted by atomic mass is 35.5. The van der Waals surface area contributed by atoms with Crippen LogP contribution >= 0.6 is 23.2 Å². The lowest BCUT2D eigenvalue weighted by Gasteiger charge is -2.10. The molecule has 2 aromatic carbocycles. The number of carbonyl (C=O) groups excluding carboxylic acids is 1. The Morgan fingerprint density at radius 1 is 1.17 bits per heavy atom. The lowest BCUT2D eigenvalue weighted by Crippen LogP contribution is -2.27. The molecule has 0 unspecified atom stereocenters. The largest absolute Gasteiger partial charge is 0.352 e. The van der Waals surface area contributed by atoms with Gasteiger partial charge < -0.3 is 5.32 Å². The van der Waals surface area contributed by atoms with Crippen LogP contribution in [0.25, 0.3) is 5.69 Å². The van der Waals surface area contributed by atoms with Crippen molar-refractivity contribution in [1.29, 1.82) is 0 Å². The van der Waals surface area contributed by atoms with Crippen LogP contribution < -0.4 is 5.32 Å². The molecule has 0 aliphatic rings. The van der Waals surface area contributed by atoms with Gasteiger partial charge in [0, 0.05) is 16.6 Å². The van der Waals surface area contributed by atoms with Gasteiger partial charge in [-0.2, -0.15) is 4.68 Å². The fraction of sp³-hybridized carbons (Fsp3) is 0.125. The zero-order valence-electron chi connectivity index (χ0n) is 12.5. The average Bonchev–Trinajstić information content (AvgIpc) is 3.11. The third-order valence-corrected chi connectivity index (χ3v) is 4.03. The second kappa shape index (κ2) is 7.42. The standard InChI is InChI=1S/C16H13Cl2N5O/c17-12-6-5-11(14(18)9-12)7-8-19-16(24)13-3-1-2-4-15(13)23-10-20-21-22-23/h1-6,9-10H,7-8H2,(H,19,24). The predicted octanol–water partition coefficient (Wildman–Crippen LogP) is 2.94. The van der Waals surface area contributed by atoms with Crippen molar-refractivity contribution in [1.82, 2.24) is 25.5 Å². The van der Waals surface area contributed by atoms with Gasteiger partial charge in [0.15, 0.2) is 0 Å². The number of benzene rings is 2. The molecule has 1 N–H and O–H groups in total. The van der Waals surface area contributed by atoms with Crippen molar-refractivity contribution >= 4 is 29.1 Å². The number of nitrogens with zero attached hydrogens (tertiary/aromatic N) is 4. The van der Waals surface area contributed by atoms with E-state index in [0.29, 0.717) is 34.3 Å². The summed E-state index contributed by atoms with van der Waals surface area (Å²) in [5.41, 5.74) is 2.03. The van der Waals surface area contributed by atoms with Crippen molar-refractivity contribution in [3.63, 3.8) is 0 Å². The predicted molar refractivity (Wildman–Crippen MR) is 91.7 cm³/mol. The van der Waals surface area contributed by atoms with E-state index in [1.807, 2.05) is 12.1 Å². The molecule has 122 valence electrons. The Labute approximate surface area is 148 Å². The molecular formula is C16H13Cl2N5O. The highest BCUT2D eigenvalue weighted by molar-refractivity contribution is 6.35. The van der Waals surface area contributed by atoms with Gasteiger partial charge in [-0.3, -0.25) is 4.79 Å². The molecule has 1 aromatic heterocycles. The topological polar surface area (TPSA) is 72.7 Å². The van der Waals surface area contributed by atoms with Crippen LogP contribution in [-0.4, -0.2) is 32.7 Å². The maximum absolute atomic E-state index is 12.4. The van der Waals surface area contributed by atoms with Gasteiger partial charge in [0.1, 0.15) is 6.33 Å². The summed E-state index contributed by atoms with van der Waals surface area (Å²) in [5.74, 6) is -0.203. The SMILES string of the molecule is O=C(NCCc1ccc(Cl)cc1Cl)c1ccccc1-n1cnnn1. The molecule has 0 saturated heterocycles. The summed E-state index contributed by atoms with van der Waals surface area (Å²) in [4.78, 5) is 12.4. The van der Waals surface area contributed by atoms with Gasteiger partial charge in [0.25, 0.3) is 5.91 Å². The molecule has 0 bridgehead atoms. The first-order valence-electron chi connectivity index (χ1n) is 7.19. The first kappa shape index (κ1) is 16.4. The van der Waals surface area contributed by atoms with E-state index in [2.05, 4.69) is 20.8 Å². The first-order valence-corrected chi connectivity index (χ1v) is 7.95. The minimum absolute atomic E-state index is 0.203. The van der Waals surface area contributed by atoms with Crippen LogP contribution in [0.4, 0.5) is 0 Å². The summed E-state index contributed by atoms with van der Waals surface area (Å²) in [6, 6.07) is 12.4. The first-order chi connectivity index (χ1) is 11.6. The van der Waals surface area contributed by atoms with Crippen molar-refractivity contribution in [3.8, 4) is 5.69 Å². The smallest absolute Gasteiger partial charge is 0.253 e. The van der Waals surface area contributed by atoms with Gasteiger partial charge >= 0.3 is 0 Å². The molecule has 0 spiro atoms. The number of hydrogen-bond acceptors (Lipinski definition) is 4. The minimum atomic E-state index is -0.203. The lowest BCUT2D eigenvalue weighted by molar-refractivity contribution is 0.0954. The lowest BCUT2D eigenvalue weighted by atomic mass is 10.1. The zero-order valence-corrected chi connectivity index (χ0v) is 14.0. The molecule has 6 nitrogen and oxygen atoms in total. The van der Waals surface area contributed by atoms with E-state index in [1.165, 1.54) is 11.0 Å². The number of amides is 1. The Kier molecular flexibility index (Phi) is 5.08. The van der Waals surface area contributed by atoms with Crippen LogP contribution in [0.1, 0.15) is 15.9 Å². The van der Waals surface area contributed by atoms with E-state index in [1.54, 1.807) is 30.3 Å². The summed E-state index contributed by atoms with van der Waals surface area (Å²) in [6.07, 6.45) is 2.05. The van der Waals surface area contributed by atoms with Crippen LogP contribution in [0.2, 0.25) is 10.0 Å². The van der Waals surface area contributed by atoms with Crippen LogP contribution in [-0.2, 0) is 6.42 Å². The van der Waals surface area contributed by atoms with Crippen molar-refractivity contribution in [2.24, 2.45) is 0 Å². The van der Waals surface area contributed by atoms with Crippen LogP contribution in [0, 0.1) is 0 Å². The molecule has 0 radical (unpaired) electrons. The second-order valence-electron chi connectivity index (χ2n) is 5.01. The van der Waals surface area contributed by atoms with Crippen LogP contribution in [0.3, 0.4) is 0 Å². The van der Waals surface area contributed by atoms with E-state index in [0.717, 1.165) is 5.56 Å². The van der Waals surface area contributed by atoms with Gasteiger partial charge in [-0.25, -0.2) is 0 Å². The number of nitrogens with one attached hydrogen (secondary N) is 1. The van der Waals surface area contributed by atoms with Gasteiger partial charge in [0.2, 0.25) is 0 Å². The maximum Gasteiger partial charge on any atom is 0.253 e. The molecule has 0 atom stereocenters. The fourth-order valence-electron chi connectivity index (χ4n) is 2.27. The summed E-state index contributed by atoms with van der Waals surface area (Å²) < 4.78 is 1.45. The van der Waals surface area contributed by atoms with Crippen LogP contribution in [0.15, 0.2) is 48.8 Å². The normalized spacial score (nSPS) is 10.6. The summed E-state index contributed by atoms with van der Waals surface area (Å²) in [5, 5.41) is 15.1. The fourth-order valence-corrected chi connectivity index (χ4v) is 2.77. The number of halogens is 2. The Hall–Kier alpha value is -2.44. The molecule has 1 amide bonds. The second-order valence-corrected chi connectivity index (χ2v) is 5.86. The number of para-hydroxylation sites is 1. The zero-order chi connectivity index (χ0) is 16.9. The van der Waals surface area contributed by atoms with E-state index >= 15 is 0 Å². The maximum atomic E-state index is 12.4. The molecule has 3 aromatic rings. The van der Waals surface area contributed by atoms with E-state index < -0.39 is 0 Å². The van der Waals surface area contributed by atoms with Crippen molar-refractivity contribution < 1.29 is 4.79 Å². The molecule has 0 aliphatic heterocycles. The average molecular weight is 362 g/mol. The Balaban J connectivity index is 1.68. The summed E-state index contributed by atoms with van der Waals surface area (Å²) >= 11 is 12.0.